The summed E-state index contributed by atoms with van der Waals surface area (Å²) in [5.41, 5.74) is 0.588. The van der Waals surface area contributed by atoms with Crippen molar-refractivity contribution in [3.63, 3.8) is 0 Å². The van der Waals surface area contributed by atoms with Gasteiger partial charge in [0.2, 0.25) is 0 Å². The third-order valence-electron chi connectivity index (χ3n) is 4.21. The highest BCUT2D eigenvalue weighted by atomic mass is 16.5. The van der Waals surface area contributed by atoms with E-state index >= 15 is 0 Å². The van der Waals surface area contributed by atoms with E-state index in [4.69, 9.17) is 15.3 Å². The standard InChI is InChI=1S/C16H17N3O/c1-15(2,16(3,4)20-5)14-7-12(9-18)11(8-17)6-13(14)10-19/h6-7H,1-5H3. The molecule has 102 valence electrons. The molecule has 0 aromatic heterocycles. The Balaban J connectivity index is 3.67. The number of ether oxygens (including phenoxy) is 1. The Bertz CT molecular complexity index is 652. The molecule has 0 aliphatic rings. The molecule has 0 aliphatic heterocycles. The van der Waals surface area contributed by atoms with Crippen LogP contribution >= 0.6 is 0 Å². The third kappa shape index (κ3) is 2.37. The molecule has 0 unspecified atom stereocenters. The normalized spacial score (nSPS) is 11.3. The lowest BCUT2D eigenvalue weighted by atomic mass is 9.69. The van der Waals surface area contributed by atoms with Gasteiger partial charge in [-0.3, -0.25) is 0 Å². The van der Waals surface area contributed by atoms with E-state index in [-0.39, 0.29) is 11.1 Å². The van der Waals surface area contributed by atoms with Gasteiger partial charge < -0.3 is 4.74 Å². The van der Waals surface area contributed by atoms with Crippen molar-refractivity contribution in [2.24, 2.45) is 0 Å². The molecule has 4 heteroatoms. The lowest BCUT2D eigenvalue weighted by molar-refractivity contribution is -0.0342. The molecule has 1 aromatic rings. The van der Waals surface area contributed by atoms with Crippen molar-refractivity contribution < 1.29 is 4.74 Å². The van der Waals surface area contributed by atoms with E-state index in [9.17, 15) is 5.26 Å². The van der Waals surface area contributed by atoms with E-state index in [1.165, 1.54) is 6.07 Å². The van der Waals surface area contributed by atoms with Crippen molar-refractivity contribution in [3.8, 4) is 18.2 Å². The number of hydrogen-bond acceptors (Lipinski definition) is 4. The van der Waals surface area contributed by atoms with Gasteiger partial charge in [0.05, 0.1) is 28.4 Å². The van der Waals surface area contributed by atoms with Crippen LogP contribution in [-0.2, 0) is 10.2 Å². The van der Waals surface area contributed by atoms with Crippen LogP contribution in [0.15, 0.2) is 12.1 Å². The SMILES string of the molecule is COC(C)(C)C(C)(C)c1cc(C#N)c(C#N)cc1C#N. The van der Waals surface area contributed by atoms with Gasteiger partial charge in [0.1, 0.15) is 12.1 Å². The van der Waals surface area contributed by atoms with E-state index in [1.54, 1.807) is 13.2 Å². The average molecular weight is 267 g/mol. The van der Waals surface area contributed by atoms with Gasteiger partial charge in [-0.2, -0.15) is 15.8 Å². The van der Waals surface area contributed by atoms with Crippen molar-refractivity contribution in [1.29, 1.82) is 15.8 Å². The highest BCUT2D eigenvalue weighted by Crippen LogP contribution is 2.39. The Morgan fingerprint density at radius 2 is 1.30 bits per heavy atom. The maximum Gasteiger partial charge on any atom is 0.101 e. The first-order valence-corrected chi connectivity index (χ1v) is 6.19. The summed E-state index contributed by atoms with van der Waals surface area (Å²) in [6, 6.07) is 9.16. The van der Waals surface area contributed by atoms with Gasteiger partial charge in [0.15, 0.2) is 0 Å². The third-order valence-corrected chi connectivity index (χ3v) is 4.21. The van der Waals surface area contributed by atoms with Crippen LogP contribution in [0.2, 0.25) is 0 Å². The molecule has 0 amide bonds. The molecule has 0 saturated heterocycles. The van der Waals surface area contributed by atoms with E-state index in [1.807, 2.05) is 39.8 Å². The molecule has 0 bridgehead atoms. The molecule has 0 radical (unpaired) electrons. The first-order valence-electron chi connectivity index (χ1n) is 6.19. The molecule has 20 heavy (non-hydrogen) atoms. The van der Waals surface area contributed by atoms with Crippen molar-refractivity contribution >= 4 is 0 Å². The predicted molar refractivity (Wildman–Crippen MR) is 74.7 cm³/mol. The topological polar surface area (TPSA) is 80.6 Å². The number of nitriles is 3. The minimum absolute atomic E-state index is 0.221. The Hall–Kier alpha value is -2.35. The van der Waals surface area contributed by atoms with Gasteiger partial charge in [0.25, 0.3) is 0 Å². The summed E-state index contributed by atoms with van der Waals surface area (Å²) in [7, 11) is 1.61. The zero-order valence-corrected chi connectivity index (χ0v) is 12.4. The van der Waals surface area contributed by atoms with Crippen molar-refractivity contribution in [2.75, 3.05) is 7.11 Å². The summed E-state index contributed by atoms with van der Waals surface area (Å²) in [6.07, 6.45) is 0. The fraction of sp³-hybridized carbons (Fsp3) is 0.438. The highest BCUT2D eigenvalue weighted by Gasteiger charge is 2.40. The second-order valence-corrected chi connectivity index (χ2v) is 5.62. The number of methoxy groups -OCH3 is 1. The monoisotopic (exact) mass is 267 g/mol. The second-order valence-electron chi connectivity index (χ2n) is 5.62. The fourth-order valence-electron chi connectivity index (χ4n) is 1.97. The molecule has 0 heterocycles. The Morgan fingerprint density at radius 1 is 0.850 bits per heavy atom. The molecule has 0 spiro atoms. The lowest BCUT2D eigenvalue weighted by Crippen LogP contribution is -2.44. The maximum absolute atomic E-state index is 9.32. The number of nitrogens with zero attached hydrogens (tertiary/aromatic N) is 3. The van der Waals surface area contributed by atoms with Crippen LogP contribution < -0.4 is 0 Å². The minimum Gasteiger partial charge on any atom is -0.378 e. The smallest absolute Gasteiger partial charge is 0.101 e. The molecule has 4 nitrogen and oxygen atoms in total. The summed E-state index contributed by atoms with van der Waals surface area (Å²) in [5.74, 6) is 0. The largest absolute Gasteiger partial charge is 0.378 e. The van der Waals surface area contributed by atoms with Crippen LogP contribution in [0, 0.1) is 34.0 Å². The Kier molecular flexibility index (Phi) is 4.19. The van der Waals surface area contributed by atoms with E-state index < -0.39 is 11.0 Å². The molecule has 0 saturated carbocycles. The highest BCUT2D eigenvalue weighted by molar-refractivity contribution is 5.56. The van der Waals surface area contributed by atoms with Gasteiger partial charge in [-0.15, -0.1) is 0 Å². The number of hydrogen-bond donors (Lipinski definition) is 0. The summed E-state index contributed by atoms with van der Waals surface area (Å²) in [6.45, 7) is 7.77. The second kappa shape index (κ2) is 5.33. The number of benzene rings is 1. The predicted octanol–water partition coefficient (Wildman–Crippen LogP) is 3.00. The van der Waals surface area contributed by atoms with E-state index in [2.05, 4.69) is 6.07 Å². The Labute approximate surface area is 119 Å². The first kappa shape index (κ1) is 15.7. The van der Waals surface area contributed by atoms with E-state index in [0.717, 1.165) is 0 Å². The molecule has 1 aromatic carbocycles. The minimum atomic E-state index is -0.528. The summed E-state index contributed by atoms with van der Waals surface area (Å²) in [4.78, 5) is 0. The molecule has 0 fully saturated rings. The maximum atomic E-state index is 9.32. The van der Waals surface area contributed by atoms with Crippen LogP contribution in [0.3, 0.4) is 0 Å². The van der Waals surface area contributed by atoms with Gasteiger partial charge in [0, 0.05) is 12.5 Å². The summed E-state index contributed by atoms with van der Waals surface area (Å²) >= 11 is 0. The Morgan fingerprint density at radius 3 is 1.70 bits per heavy atom. The van der Waals surface area contributed by atoms with Crippen LogP contribution in [0.4, 0.5) is 0 Å². The first-order chi connectivity index (χ1) is 9.25. The molecule has 0 atom stereocenters. The van der Waals surface area contributed by atoms with Crippen LogP contribution in [-0.4, -0.2) is 12.7 Å². The molecule has 0 aliphatic carbocycles. The molecule has 0 N–H and O–H groups in total. The average Bonchev–Trinajstić information content (AvgIpc) is 2.45. The van der Waals surface area contributed by atoms with Gasteiger partial charge >= 0.3 is 0 Å². The molecular formula is C16H17N3O. The van der Waals surface area contributed by atoms with Crippen molar-refractivity contribution in [1.82, 2.24) is 0 Å². The number of rotatable bonds is 3. The summed E-state index contributed by atoms with van der Waals surface area (Å²) in [5, 5.41) is 27.5. The van der Waals surface area contributed by atoms with E-state index in [0.29, 0.717) is 11.1 Å². The van der Waals surface area contributed by atoms with Crippen LogP contribution in [0.1, 0.15) is 49.9 Å². The molecular weight excluding hydrogens is 250 g/mol. The zero-order chi connectivity index (χ0) is 15.6. The van der Waals surface area contributed by atoms with Crippen LogP contribution in [0.25, 0.3) is 0 Å². The quantitative estimate of drug-likeness (QED) is 0.843. The molecule has 1 rings (SSSR count). The van der Waals surface area contributed by atoms with Gasteiger partial charge in [-0.1, -0.05) is 13.8 Å². The van der Waals surface area contributed by atoms with Crippen LogP contribution in [0.5, 0.6) is 0 Å². The fourth-order valence-corrected chi connectivity index (χ4v) is 1.97. The van der Waals surface area contributed by atoms with Gasteiger partial charge in [-0.25, -0.2) is 0 Å². The summed E-state index contributed by atoms with van der Waals surface area (Å²) < 4.78 is 5.53. The van der Waals surface area contributed by atoms with Crippen molar-refractivity contribution in [2.45, 2.75) is 38.7 Å². The zero-order valence-electron chi connectivity index (χ0n) is 12.4. The lowest BCUT2D eigenvalue weighted by Gasteiger charge is -2.41. The van der Waals surface area contributed by atoms with Gasteiger partial charge in [-0.05, 0) is 31.5 Å². The van der Waals surface area contributed by atoms with Crippen molar-refractivity contribution in [3.05, 3.63) is 34.4 Å².